The summed E-state index contributed by atoms with van der Waals surface area (Å²) in [6.45, 7) is 10.2. The minimum atomic E-state index is 0.470. The molecule has 0 aliphatic carbocycles. The molecule has 1 aromatic rings. The van der Waals surface area contributed by atoms with Gasteiger partial charge in [-0.15, -0.1) is 0 Å². The van der Waals surface area contributed by atoms with Gasteiger partial charge in [-0.25, -0.2) is 0 Å². The minimum Gasteiger partial charge on any atom is -0.493 e. The largest absolute Gasteiger partial charge is 0.493 e. The molecular formula is C18H32N2O. The Morgan fingerprint density at radius 3 is 2.57 bits per heavy atom. The van der Waals surface area contributed by atoms with Gasteiger partial charge in [0.05, 0.1) is 6.61 Å². The predicted octanol–water partition coefficient (Wildman–Crippen LogP) is 4.63. The Balaban J connectivity index is 2.36. The average Bonchev–Trinajstić information content (AvgIpc) is 2.45. The maximum atomic E-state index is 5.98. The number of nitrogens with one attached hydrogen (secondary N) is 1. The fourth-order valence-electron chi connectivity index (χ4n) is 2.21. The molecule has 0 radical (unpaired) electrons. The Hall–Kier alpha value is -1.09. The number of unbranched alkanes of at least 4 members (excludes halogenated alkanes) is 5. The number of pyridine rings is 1. The molecule has 0 saturated carbocycles. The first-order valence-electron chi connectivity index (χ1n) is 8.45. The molecule has 1 aromatic heterocycles. The van der Waals surface area contributed by atoms with Crippen molar-refractivity contribution in [3.05, 3.63) is 23.5 Å². The van der Waals surface area contributed by atoms with E-state index in [1.165, 1.54) is 32.1 Å². The third-order valence-electron chi connectivity index (χ3n) is 3.54. The lowest BCUT2D eigenvalue weighted by Gasteiger charge is -2.14. The summed E-state index contributed by atoms with van der Waals surface area (Å²) < 4.78 is 5.98. The van der Waals surface area contributed by atoms with Crippen LogP contribution in [0.25, 0.3) is 0 Å². The number of aryl methyl sites for hydroxylation is 1. The highest BCUT2D eigenvalue weighted by Gasteiger charge is 2.06. The van der Waals surface area contributed by atoms with E-state index in [2.05, 4.69) is 37.1 Å². The van der Waals surface area contributed by atoms with Crippen LogP contribution in [-0.4, -0.2) is 17.6 Å². The molecule has 120 valence electrons. The van der Waals surface area contributed by atoms with E-state index in [1.54, 1.807) is 0 Å². The van der Waals surface area contributed by atoms with Crippen molar-refractivity contribution in [2.75, 3.05) is 6.61 Å². The molecule has 0 amide bonds. The summed E-state index contributed by atoms with van der Waals surface area (Å²) >= 11 is 0. The molecule has 0 spiro atoms. The van der Waals surface area contributed by atoms with Crippen LogP contribution in [0, 0.1) is 6.92 Å². The highest BCUT2D eigenvalue weighted by atomic mass is 16.5. The first-order valence-corrected chi connectivity index (χ1v) is 8.45. The highest BCUT2D eigenvalue weighted by molar-refractivity contribution is 5.32. The van der Waals surface area contributed by atoms with E-state index >= 15 is 0 Å². The molecule has 0 unspecified atom stereocenters. The van der Waals surface area contributed by atoms with Crippen LogP contribution in [-0.2, 0) is 6.54 Å². The average molecular weight is 292 g/mol. The monoisotopic (exact) mass is 292 g/mol. The van der Waals surface area contributed by atoms with Gasteiger partial charge in [-0.1, -0.05) is 52.9 Å². The predicted molar refractivity (Wildman–Crippen MR) is 89.8 cm³/mol. The van der Waals surface area contributed by atoms with Gasteiger partial charge in [0.15, 0.2) is 0 Å². The SMILES string of the molecule is CCCCCCCCOc1cc(C)ncc1CNC(C)C. The smallest absolute Gasteiger partial charge is 0.127 e. The summed E-state index contributed by atoms with van der Waals surface area (Å²) in [6, 6.07) is 2.52. The molecular weight excluding hydrogens is 260 g/mol. The quantitative estimate of drug-likeness (QED) is 0.604. The molecule has 0 aliphatic rings. The first-order chi connectivity index (χ1) is 10.1. The Morgan fingerprint density at radius 2 is 1.86 bits per heavy atom. The summed E-state index contributed by atoms with van der Waals surface area (Å²) in [7, 11) is 0. The fourth-order valence-corrected chi connectivity index (χ4v) is 2.21. The Kier molecular flexibility index (Phi) is 9.07. The van der Waals surface area contributed by atoms with E-state index in [0.29, 0.717) is 6.04 Å². The number of ether oxygens (including phenoxy) is 1. The van der Waals surface area contributed by atoms with Crippen molar-refractivity contribution in [2.24, 2.45) is 0 Å². The zero-order valence-electron chi connectivity index (χ0n) is 14.2. The molecule has 3 nitrogen and oxygen atoms in total. The van der Waals surface area contributed by atoms with Crippen LogP contribution in [0.3, 0.4) is 0 Å². The van der Waals surface area contributed by atoms with Gasteiger partial charge in [-0.2, -0.15) is 0 Å². The second-order valence-corrected chi connectivity index (χ2v) is 6.09. The molecule has 21 heavy (non-hydrogen) atoms. The third-order valence-corrected chi connectivity index (χ3v) is 3.54. The second-order valence-electron chi connectivity index (χ2n) is 6.09. The van der Waals surface area contributed by atoms with Crippen LogP contribution >= 0.6 is 0 Å². The lowest BCUT2D eigenvalue weighted by Crippen LogP contribution is -2.22. The summed E-state index contributed by atoms with van der Waals surface area (Å²) in [6.07, 6.45) is 9.68. The van der Waals surface area contributed by atoms with Crippen molar-refractivity contribution in [3.63, 3.8) is 0 Å². The standard InChI is InChI=1S/C18H32N2O/c1-5-6-7-8-9-10-11-21-18-12-16(4)20-14-17(18)13-19-15(2)3/h12,14-15,19H,5-11,13H2,1-4H3. The van der Waals surface area contributed by atoms with Crippen molar-refractivity contribution in [1.29, 1.82) is 0 Å². The Morgan fingerprint density at radius 1 is 1.14 bits per heavy atom. The van der Waals surface area contributed by atoms with Gasteiger partial charge >= 0.3 is 0 Å². The summed E-state index contributed by atoms with van der Waals surface area (Å²) in [4.78, 5) is 4.38. The fraction of sp³-hybridized carbons (Fsp3) is 0.722. The highest BCUT2D eigenvalue weighted by Crippen LogP contribution is 2.19. The lowest BCUT2D eigenvalue weighted by atomic mass is 10.1. The van der Waals surface area contributed by atoms with Crippen LogP contribution in [0.15, 0.2) is 12.3 Å². The zero-order valence-corrected chi connectivity index (χ0v) is 14.2. The van der Waals surface area contributed by atoms with Crippen molar-refractivity contribution in [2.45, 2.75) is 78.8 Å². The normalized spacial score (nSPS) is 11.1. The van der Waals surface area contributed by atoms with Crippen molar-refractivity contribution in [1.82, 2.24) is 10.3 Å². The number of nitrogens with zero attached hydrogens (tertiary/aromatic N) is 1. The van der Waals surface area contributed by atoms with Gasteiger partial charge < -0.3 is 10.1 Å². The van der Waals surface area contributed by atoms with Crippen molar-refractivity contribution < 1.29 is 4.74 Å². The molecule has 1 rings (SSSR count). The maximum absolute atomic E-state index is 5.98. The summed E-state index contributed by atoms with van der Waals surface area (Å²) in [5.41, 5.74) is 2.17. The van der Waals surface area contributed by atoms with Crippen LogP contribution < -0.4 is 10.1 Å². The van der Waals surface area contributed by atoms with Gasteiger partial charge in [0.25, 0.3) is 0 Å². The van der Waals surface area contributed by atoms with E-state index < -0.39 is 0 Å². The van der Waals surface area contributed by atoms with Crippen LogP contribution in [0.2, 0.25) is 0 Å². The number of hydrogen-bond acceptors (Lipinski definition) is 3. The van der Waals surface area contributed by atoms with Gasteiger partial charge in [-0.3, -0.25) is 4.98 Å². The molecule has 0 bridgehead atoms. The van der Waals surface area contributed by atoms with Crippen molar-refractivity contribution >= 4 is 0 Å². The molecule has 0 aromatic carbocycles. The number of hydrogen-bond donors (Lipinski definition) is 1. The summed E-state index contributed by atoms with van der Waals surface area (Å²) in [5, 5.41) is 3.43. The minimum absolute atomic E-state index is 0.470. The maximum Gasteiger partial charge on any atom is 0.127 e. The Labute approximate surface area is 130 Å². The molecule has 0 atom stereocenters. The first kappa shape index (κ1) is 18.0. The van der Waals surface area contributed by atoms with E-state index in [1.807, 2.05) is 13.1 Å². The number of rotatable bonds is 11. The molecule has 1 N–H and O–H groups in total. The van der Waals surface area contributed by atoms with Gasteiger partial charge in [0.2, 0.25) is 0 Å². The van der Waals surface area contributed by atoms with Crippen LogP contribution in [0.4, 0.5) is 0 Å². The molecule has 0 fully saturated rings. The summed E-state index contributed by atoms with van der Waals surface area (Å²) in [5.74, 6) is 0.990. The topological polar surface area (TPSA) is 34.1 Å². The van der Waals surface area contributed by atoms with E-state index in [9.17, 15) is 0 Å². The molecule has 1 heterocycles. The number of aromatic nitrogens is 1. The van der Waals surface area contributed by atoms with E-state index in [0.717, 1.165) is 36.6 Å². The van der Waals surface area contributed by atoms with Gasteiger partial charge in [0.1, 0.15) is 5.75 Å². The van der Waals surface area contributed by atoms with Gasteiger partial charge in [0, 0.05) is 36.1 Å². The molecule has 3 heteroatoms. The Bertz CT molecular complexity index is 391. The molecule has 0 aliphatic heterocycles. The zero-order chi connectivity index (χ0) is 15.5. The van der Waals surface area contributed by atoms with Crippen LogP contribution in [0.5, 0.6) is 5.75 Å². The van der Waals surface area contributed by atoms with E-state index in [-0.39, 0.29) is 0 Å². The van der Waals surface area contributed by atoms with E-state index in [4.69, 9.17) is 4.74 Å². The lowest BCUT2D eigenvalue weighted by molar-refractivity contribution is 0.299. The van der Waals surface area contributed by atoms with Gasteiger partial charge in [-0.05, 0) is 13.3 Å². The van der Waals surface area contributed by atoms with Crippen LogP contribution in [0.1, 0.15) is 70.6 Å². The third kappa shape index (κ3) is 8.05. The second kappa shape index (κ2) is 10.6. The van der Waals surface area contributed by atoms with Crippen molar-refractivity contribution in [3.8, 4) is 5.75 Å². The molecule has 0 saturated heterocycles.